The summed E-state index contributed by atoms with van der Waals surface area (Å²) in [6, 6.07) is 6.40. The normalized spacial score (nSPS) is 12.2. The lowest BCUT2D eigenvalue weighted by atomic mass is 10.1. The molecule has 0 heterocycles. The smallest absolute Gasteiger partial charge is 0.252 e. The first-order chi connectivity index (χ1) is 9.33. The lowest BCUT2D eigenvalue weighted by Gasteiger charge is -2.13. The Kier molecular flexibility index (Phi) is 5.74. The minimum atomic E-state index is -3.13. The Morgan fingerprint density at radius 1 is 1.40 bits per heavy atom. The molecular weight excluding hydrogens is 276 g/mol. The molecule has 5 nitrogen and oxygen atoms in total. The van der Waals surface area contributed by atoms with Crippen molar-refractivity contribution in [3.8, 4) is 11.8 Å². The van der Waals surface area contributed by atoms with E-state index in [1.807, 2.05) is 0 Å². The number of nitrogens with one attached hydrogen (secondary N) is 1. The van der Waals surface area contributed by atoms with Gasteiger partial charge in [0.1, 0.15) is 9.84 Å². The van der Waals surface area contributed by atoms with Crippen LogP contribution in [0.4, 0.5) is 0 Å². The van der Waals surface area contributed by atoms with Crippen molar-refractivity contribution >= 4 is 15.7 Å². The first-order valence-corrected chi connectivity index (χ1v) is 8.16. The predicted octanol–water partition coefficient (Wildman–Crippen LogP) is 0.160. The zero-order chi connectivity index (χ0) is 15.2. The fourth-order valence-electron chi connectivity index (χ4n) is 1.73. The van der Waals surface area contributed by atoms with Gasteiger partial charge in [0.25, 0.3) is 5.91 Å². The van der Waals surface area contributed by atoms with Gasteiger partial charge in [-0.25, -0.2) is 8.42 Å². The van der Waals surface area contributed by atoms with Crippen molar-refractivity contribution in [3.63, 3.8) is 0 Å². The number of sulfone groups is 1. The number of rotatable bonds is 4. The first-order valence-electron chi connectivity index (χ1n) is 6.10. The van der Waals surface area contributed by atoms with Crippen LogP contribution < -0.4 is 11.1 Å². The van der Waals surface area contributed by atoms with Crippen LogP contribution in [-0.2, 0) is 9.84 Å². The van der Waals surface area contributed by atoms with Crippen LogP contribution in [0.1, 0.15) is 22.8 Å². The molecule has 0 aromatic heterocycles. The van der Waals surface area contributed by atoms with Crippen molar-refractivity contribution in [2.75, 3.05) is 18.6 Å². The number of carbonyl (C=O) groups excluding carboxylic acids is 1. The van der Waals surface area contributed by atoms with E-state index in [4.69, 9.17) is 5.73 Å². The Morgan fingerprint density at radius 2 is 2.05 bits per heavy atom. The molecule has 1 aromatic carbocycles. The van der Waals surface area contributed by atoms with Crippen LogP contribution in [0.3, 0.4) is 0 Å². The maximum absolute atomic E-state index is 12.1. The van der Waals surface area contributed by atoms with Crippen molar-refractivity contribution in [1.82, 2.24) is 5.32 Å². The second-order valence-corrected chi connectivity index (χ2v) is 6.70. The summed E-state index contributed by atoms with van der Waals surface area (Å²) in [5, 5.41) is 2.65. The molecule has 0 aliphatic carbocycles. The van der Waals surface area contributed by atoms with Gasteiger partial charge >= 0.3 is 0 Å². The summed E-state index contributed by atoms with van der Waals surface area (Å²) in [4.78, 5) is 12.1. The molecule has 0 fully saturated rings. The molecule has 1 amide bonds. The van der Waals surface area contributed by atoms with Crippen molar-refractivity contribution in [3.05, 3.63) is 35.4 Å². The molecule has 1 unspecified atom stereocenters. The van der Waals surface area contributed by atoms with Gasteiger partial charge in [-0.15, -0.1) is 0 Å². The van der Waals surface area contributed by atoms with Crippen molar-refractivity contribution in [2.24, 2.45) is 5.73 Å². The molecule has 1 atom stereocenters. The van der Waals surface area contributed by atoms with Crippen LogP contribution in [-0.4, -0.2) is 38.9 Å². The molecule has 20 heavy (non-hydrogen) atoms. The van der Waals surface area contributed by atoms with E-state index < -0.39 is 15.9 Å². The summed E-state index contributed by atoms with van der Waals surface area (Å²) in [6.45, 7) is 1.85. The number of amides is 1. The molecule has 0 saturated carbocycles. The van der Waals surface area contributed by atoms with E-state index in [2.05, 4.69) is 17.2 Å². The van der Waals surface area contributed by atoms with Crippen molar-refractivity contribution in [2.45, 2.75) is 13.0 Å². The predicted molar refractivity (Wildman–Crippen MR) is 79.0 cm³/mol. The van der Waals surface area contributed by atoms with E-state index in [9.17, 15) is 13.2 Å². The molecule has 0 radical (unpaired) electrons. The highest BCUT2D eigenvalue weighted by Gasteiger charge is 2.15. The fourth-order valence-corrected chi connectivity index (χ4v) is 2.73. The summed E-state index contributed by atoms with van der Waals surface area (Å²) in [6.07, 6.45) is 1.14. The molecule has 0 aliphatic rings. The van der Waals surface area contributed by atoms with Crippen LogP contribution in [0.5, 0.6) is 0 Å². The van der Waals surface area contributed by atoms with Gasteiger partial charge in [0.2, 0.25) is 0 Å². The molecule has 1 rings (SSSR count). The molecule has 3 N–H and O–H groups in total. The summed E-state index contributed by atoms with van der Waals surface area (Å²) >= 11 is 0. The van der Waals surface area contributed by atoms with Crippen LogP contribution in [0.15, 0.2) is 24.3 Å². The van der Waals surface area contributed by atoms with E-state index in [0.717, 1.165) is 6.26 Å². The van der Waals surface area contributed by atoms with Gasteiger partial charge in [-0.1, -0.05) is 24.0 Å². The van der Waals surface area contributed by atoms with Crippen LogP contribution in [0.2, 0.25) is 0 Å². The lowest BCUT2D eigenvalue weighted by molar-refractivity contribution is 0.0943. The van der Waals surface area contributed by atoms with Crippen LogP contribution in [0.25, 0.3) is 0 Å². The number of hydrogen-bond acceptors (Lipinski definition) is 4. The Bertz CT molecular complexity index is 642. The maximum Gasteiger partial charge on any atom is 0.252 e. The van der Waals surface area contributed by atoms with E-state index in [0.29, 0.717) is 11.1 Å². The van der Waals surface area contributed by atoms with E-state index in [1.54, 1.807) is 31.2 Å². The Morgan fingerprint density at radius 3 is 2.65 bits per heavy atom. The van der Waals surface area contributed by atoms with E-state index in [-0.39, 0.29) is 18.2 Å². The van der Waals surface area contributed by atoms with Gasteiger partial charge < -0.3 is 11.1 Å². The van der Waals surface area contributed by atoms with Crippen LogP contribution >= 0.6 is 0 Å². The summed E-state index contributed by atoms with van der Waals surface area (Å²) in [5.74, 6) is 5.07. The highest BCUT2D eigenvalue weighted by molar-refractivity contribution is 7.90. The van der Waals surface area contributed by atoms with Crippen LogP contribution in [0, 0.1) is 11.8 Å². The Balaban J connectivity index is 2.88. The third-order valence-electron chi connectivity index (χ3n) is 2.43. The third kappa shape index (κ3) is 5.43. The summed E-state index contributed by atoms with van der Waals surface area (Å²) in [7, 11) is -3.13. The zero-order valence-corrected chi connectivity index (χ0v) is 12.3. The second-order valence-electron chi connectivity index (χ2n) is 4.52. The number of nitrogens with two attached hydrogens (primary N) is 1. The minimum Gasteiger partial charge on any atom is -0.349 e. The van der Waals surface area contributed by atoms with Gasteiger partial charge in [0.05, 0.1) is 17.9 Å². The minimum absolute atomic E-state index is 0.102. The monoisotopic (exact) mass is 294 g/mol. The molecule has 108 valence electrons. The number of hydrogen-bond donors (Lipinski definition) is 2. The Labute approximate surface area is 119 Å². The number of benzene rings is 1. The third-order valence-corrected chi connectivity index (χ3v) is 3.53. The van der Waals surface area contributed by atoms with Gasteiger partial charge in [-0.3, -0.25) is 4.79 Å². The summed E-state index contributed by atoms with van der Waals surface area (Å²) in [5.41, 5.74) is 6.29. The maximum atomic E-state index is 12.1. The summed E-state index contributed by atoms with van der Waals surface area (Å²) < 4.78 is 22.4. The molecule has 0 bridgehead atoms. The average molecular weight is 294 g/mol. The highest BCUT2D eigenvalue weighted by Crippen LogP contribution is 2.07. The largest absolute Gasteiger partial charge is 0.349 e. The molecule has 6 heteroatoms. The number of carbonyl (C=O) groups is 1. The average Bonchev–Trinajstić information content (AvgIpc) is 2.34. The van der Waals surface area contributed by atoms with Crippen molar-refractivity contribution < 1.29 is 13.2 Å². The van der Waals surface area contributed by atoms with Gasteiger partial charge in [0.15, 0.2) is 0 Å². The molecule has 0 aliphatic heterocycles. The topological polar surface area (TPSA) is 89.3 Å². The second kappa shape index (κ2) is 7.08. The van der Waals surface area contributed by atoms with E-state index in [1.165, 1.54) is 0 Å². The van der Waals surface area contributed by atoms with Gasteiger partial charge in [-0.2, -0.15) is 0 Å². The lowest BCUT2D eigenvalue weighted by Crippen LogP contribution is -2.37. The quantitative estimate of drug-likeness (QED) is 0.774. The SMILES string of the molecule is CC(CS(C)(=O)=O)NC(=O)c1ccccc1C#CCN. The fraction of sp³-hybridized carbons (Fsp3) is 0.357. The molecular formula is C14H18N2O3S. The molecule has 0 spiro atoms. The first kappa shape index (κ1) is 16.2. The standard InChI is InChI=1S/C14H18N2O3S/c1-11(10-20(2,18)19)16-14(17)13-8-4-3-6-12(13)7-5-9-15/h3-4,6,8,11H,9-10,15H2,1-2H3,(H,16,17). The van der Waals surface area contributed by atoms with Gasteiger partial charge in [0, 0.05) is 17.9 Å². The van der Waals surface area contributed by atoms with Gasteiger partial charge in [-0.05, 0) is 19.1 Å². The zero-order valence-electron chi connectivity index (χ0n) is 11.5. The molecule has 1 aromatic rings. The highest BCUT2D eigenvalue weighted by atomic mass is 32.2. The molecule has 0 saturated heterocycles. The van der Waals surface area contributed by atoms with E-state index >= 15 is 0 Å². The van der Waals surface area contributed by atoms with Crippen molar-refractivity contribution in [1.29, 1.82) is 0 Å². The Hall–Kier alpha value is -1.84.